The topological polar surface area (TPSA) is 50.8 Å². The van der Waals surface area contributed by atoms with Gasteiger partial charge in [0, 0.05) is 31.2 Å². The van der Waals surface area contributed by atoms with Crippen molar-refractivity contribution >= 4 is 17.5 Å². The molecular weight excluding hydrogens is 352 g/mol. The first-order valence-electron chi connectivity index (χ1n) is 8.87. The number of amides is 1. The van der Waals surface area contributed by atoms with E-state index >= 15 is 0 Å². The van der Waals surface area contributed by atoms with Crippen LogP contribution in [0.1, 0.15) is 28.8 Å². The van der Waals surface area contributed by atoms with E-state index in [-0.39, 0.29) is 12.7 Å². The predicted octanol–water partition coefficient (Wildman–Crippen LogP) is 3.46. The molecule has 1 N–H and O–H groups in total. The molecule has 26 heavy (non-hydrogen) atoms. The third-order valence-electron chi connectivity index (χ3n) is 4.95. The second kappa shape index (κ2) is 7.56. The zero-order valence-electron chi connectivity index (χ0n) is 14.4. The van der Waals surface area contributed by atoms with E-state index in [9.17, 15) is 4.79 Å². The molecule has 2 heterocycles. The smallest absolute Gasteiger partial charge is 0.255 e. The summed E-state index contributed by atoms with van der Waals surface area (Å²) in [6, 6.07) is 13.6. The van der Waals surface area contributed by atoms with Crippen LogP contribution in [0.4, 0.5) is 0 Å². The van der Waals surface area contributed by atoms with Crippen LogP contribution in [0.3, 0.4) is 0 Å². The highest BCUT2D eigenvalue weighted by Gasteiger charge is 2.25. The van der Waals surface area contributed by atoms with Crippen molar-refractivity contribution in [1.29, 1.82) is 0 Å². The maximum Gasteiger partial charge on any atom is 0.255 e. The van der Waals surface area contributed by atoms with Gasteiger partial charge in [-0.2, -0.15) is 0 Å². The van der Waals surface area contributed by atoms with Crippen molar-refractivity contribution in [2.45, 2.75) is 25.4 Å². The van der Waals surface area contributed by atoms with Gasteiger partial charge in [-0.1, -0.05) is 35.9 Å². The minimum Gasteiger partial charge on any atom is -0.454 e. The van der Waals surface area contributed by atoms with E-state index in [0.29, 0.717) is 16.6 Å². The Morgan fingerprint density at radius 2 is 1.92 bits per heavy atom. The van der Waals surface area contributed by atoms with Crippen molar-refractivity contribution in [1.82, 2.24) is 10.2 Å². The number of carbonyl (C=O) groups excluding carboxylic acids is 1. The van der Waals surface area contributed by atoms with Crippen LogP contribution in [0.25, 0.3) is 0 Å². The first kappa shape index (κ1) is 17.2. The molecule has 5 nitrogen and oxygen atoms in total. The summed E-state index contributed by atoms with van der Waals surface area (Å²) in [5.74, 6) is 1.66. The fraction of sp³-hybridized carbons (Fsp3) is 0.350. The van der Waals surface area contributed by atoms with E-state index in [0.717, 1.165) is 49.5 Å². The molecule has 0 bridgehead atoms. The highest BCUT2D eigenvalue weighted by atomic mass is 35.5. The number of piperidine rings is 1. The van der Waals surface area contributed by atoms with Crippen molar-refractivity contribution in [3.8, 4) is 11.5 Å². The van der Waals surface area contributed by atoms with Gasteiger partial charge in [0.2, 0.25) is 6.79 Å². The van der Waals surface area contributed by atoms with Gasteiger partial charge in [-0.05, 0) is 31.0 Å². The molecule has 0 saturated carbocycles. The van der Waals surface area contributed by atoms with Crippen LogP contribution in [0.5, 0.6) is 11.5 Å². The molecule has 0 radical (unpaired) electrons. The van der Waals surface area contributed by atoms with Gasteiger partial charge in [-0.15, -0.1) is 0 Å². The fourth-order valence-corrected chi connectivity index (χ4v) is 3.69. The molecule has 1 amide bonds. The summed E-state index contributed by atoms with van der Waals surface area (Å²) in [5.41, 5.74) is 1.69. The third kappa shape index (κ3) is 3.50. The Bertz CT molecular complexity index is 803. The van der Waals surface area contributed by atoms with Crippen LogP contribution in [-0.2, 0) is 6.54 Å². The lowest BCUT2D eigenvalue weighted by atomic mass is 10.0. The summed E-state index contributed by atoms with van der Waals surface area (Å²) in [6.45, 7) is 2.48. The van der Waals surface area contributed by atoms with E-state index in [1.165, 1.54) is 0 Å². The number of fused-ring (bicyclic) bond motifs is 1. The standard InChI is InChI=1S/C20H21ClN2O3/c21-17-6-2-1-5-16(17)20(24)23-10-8-15(9-11-23)22-12-14-4-3-7-18-19(14)26-13-25-18/h1-7,15,22H,8-13H2. The third-order valence-corrected chi connectivity index (χ3v) is 5.28. The monoisotopic (exact) mass is 372 g/mol. The molecule has 0 aliphatic carbocycles. The molecule has 1 fully saturated rings. The van der Waals surface area contributed by atoms with Gasteiger partial charge < -0.3 is 19.7 Å². The summed E-state index contributed by atoms with van der Waals surface area (Å²) in [4.78, 5) is 14.5. The number of nitrogens with one attached hydrogen (secondary N) is 1. The average molecular weight is 373 g/mol. The summed E-state index contributed by atoms with van der Waals surface area (Å²) in [5, 5.41) is 4.09. The number of hydrogen-bond donors (Lipinski definition) is 1. The quantitative estimate of drug-likeness (QED) is 0.893. The zero-order valence-corrected chi connectivity index (χ0v) is 15.2. The number of hydrogen-bond acceptors (Lipinski definition) is 4. The van der Waals surface area contributed by atoms with Crippen molar-refractivity contribution in [2.75, 3.05) is 19.9 Å². The van der Waals surface area contributed by atoms with Gasteiger partial charge in [0.25, 0.3) is 5.91 Å². The van der Waals surface area contributed by atoms with Gasteiger partial charge >= 0.3 is 0 Å². The van der Waals surface area contributed by atoms with Gasteiger partial charge in [0.05, 0.1) is 10.6 Å². The lowest BCUT2D eigenvalue weighted by Crippen LogP contribution is -2.44. The summed E-state index contributed by atoms with van der Waals surface area (Å²) in [7, 11) is 0. The van der Waals surface area contributed by atoms with Crippen LogP contribution in [0.2, 0.25) is 5.02 Å². The molecule has 4 rings (SSSR count). The largest absolute Gasteiger partial charge is 0.454 e. The first-order chi connectivity index (χ1) is 12.7. The number of para-hydroxylation sites is 1. The Morgan fingerprint density at radius 1 is 1.12 bits per heavy atom. The summed E-state index contributed by atoms with van der Waals surface area (Å²) < 4.78 is 11.0. The van der Waals surface area contributed by atoms with Gasteiger partial charge in [0.15, 0.2) is 11.5 Å². The zero-order chi connectivity index (χ0) is 17.9. The van der Waals surface area contributed by atoms with Crippen molar-refractivity contribution in [3.63, 3.8) is 0 Å². The molecule has 0 atom stereocenters. The second-order valence-corrected chi connectivity index (χ2v) is 6.99. The van der Waals surface area contributed by atoms with Gasteiger partial charge in [0.1, 0.15) is 0 Å². The molecule has 136 valence electrons. The van der Waals surface area contributed by atoms with E-state index in [1.807, 2.05) is 29.2 Å². The first-order valence-corrected chi connectivity index (χ1v) is 9.25. The molecule has 2 aromatic rings. The highest BCUT2D eigenvalue weighted by Crippen LogP contribution is 2.35. The minimum absolute atomic E-state index is 0.0143. The Kier molecular flexibility index (Phi) is 5.00. The number of halogens is 1. The Morgan fingerprint density at radius 3 is 2.73 bits per heavy atom. The van der Waals surface area contributed by atoms with Crippen LogP contribution in [0, 0.1) is 0 Å². The van der Waals surface area contributed by atoms with E-state index in [1.54, 1.807) is 12.1 Å². The van der Waals surface area contributed by atoms with Crippen molar-refractivity contribution < 1.29 is 14.3 Å². The van der Waals surface area contributed by atoms with Crippen molar-refractivity contribution in [3.05, 3.63) is 58.6 Å². The van der Waals surface area contributed by atoms with Crippen LogP contribution in [0.15, 0.2) is 42.5 Å². The molecule has 1 saturated heterocycles. The summed E-state index contributed by atoms with van der Waals surface area (Å²) >= 11 is 6.15. The maximum atomic E-state index is 12.6. The number of nitrogens with zero attached hydrogens (tertiary/aromatic N) is 1. The average Bonchev–Trinajstić information content (AvgIpc) is 3.16. The lowest BCUT2D eigenvalue weighted by Gasteiger charge is -2.32. The molecule has 0 aromatic heterocycles. The minimum atomic E-state index is 0.0143. The number of likely N-dealkylation sites (tertiary alicyclic amines) is 1. The fourth-order valence-electron chi connectivity index (χ4n) is 3.48. The maximum absolute atomic E-state index is 12.6. The number of carbonyl (C=O) groups is 1. The van der Waals surface area contributed by atoms with Crippen molar-refractivity contribution in [2.24, 2.45) is 0 Å². The second-order valence-electron chi connectivity index (χ2n) is 6.58. The van der Waals surface area contributed by atoms with E-state index in [2.05, 4.69) is 11.4 Å². The van der Waals surface area contributed by atoms with E-state index < -0.39 is 0 Å². The van der Waals surface area contributed by atoms with Crippen LogP contribution in [-0.4, -0.2) is 36.7 Å². The summed E-state index contributed by atoms with van der Waals surface area (Å²) in [6.07, 6.45) is 1.84. The SMILES string of the molecule is O=C(c1ccccc1Cl)N1CCC(NCc2cccc3c2OCO3)CC1. The Labute approximate surface area is 157 Å². The normalized spacial score (nSPS) is 16.7. The predicted molar refractivity (Wildman–Crippen MR) is 99.8 cm³/mol. The molecule has 2 aliphatic heterocycles. The highest BCUT2D eigenvalue weighted by molar-refractivity contribution is 6.33. The molecule has 6 heteroatoms. The number of rotatable bonds is 4. The van der Waals surface area contributed by atoms with E-state index in [4.69, 9.17) is 21.1 Å². The van der Waals surface area contributed by atoms with Crippen LogP contribution >= 0.6 is 11.6 Å². The van der Waals surface area contributed by atoms with Gasteiger partial charge in [-0.3, -0.25) is 4.79 Å². The molecule has 2 aromatic carbocycles. The Balaban J connectivity index is 1.31. The molecule has 2 aliphatic rings. The number of benzene rings is 2. The van der Waals surface area contributed by atoms with Gasteiger partial charge in [-0.25, -0.2) is 0 Å². The van der Waals surface area contributed by atoms with Crippen LogP contribution < -0.4 is 14.8 Å². The Hall–Kier alpha value is -2.24. The molecular formula is C20H21ClN2O3. The molecule has 0 unspecified atom stereocenters. The number of ether oxygens (including phenoxy) is 2. The molecule has 0 spiro atoms. The lowest BCUT2D eigenvalue weighted by molar-refractivity contribution is 0.0705.